The van der Waals surface area contributed by atoms with Crippen LogP contribution in [0.2, 0.25) is 0 Å². The number of rotatable bonds is 2. The van der Waals surface area contributed by atoms with Crippen LogP contribution in [0, 0.1) is 0 Å². The molecular weight excluding hydrogens is 226 g/mol. The number of hydrogen-bond donors (Lipinski definition) is 0. The first-order valence-electron chi connectivity index (χ1n) is 5.21. The molecular formula is C12H14ClNO2. The fourth-order valence-electron chi connectivity index (χ4n) is 1.69. The lowest BCUT2D eigenvalue weighted by molar-refractivity contribution is 0.0615. The zero-order valence-electron chi connectivity index (χ0n) is 9.15. The molecule has 1 fully saturated rings. The average Bonchev–Trinajstić information content (AvgIpc) is 2.24. The first-order chi connectivity index (χ1) is 7.57. The molecule has 3 nitrogen and oxygen atoms in total. The third-order valence-electron chi connectivity index (χ3n) is 2.50. The van der Waals surface area contributed by atoms with Crippen molar-refractivity contribution in [3.05, 3.63) is 35.9 Å². The molecule has 1 saturated heterocycles. The number of hydrogen-bond acceptors (Lipinski definition) is 2. The molecule has 1 aromatic carbocycles. The van der Waals surface area contributed by atoms with Gasteiger partial charge in [0.05, 0.1) is 4.87 Å². The minimum absolute atomic E-state index is 0.272. The van der Waals surface area contributed by atoms with E-state index in [9.17, 15) is 4.79 Å². The quantitative estimate of drug-likeness (QED) is 0.743. The molecule has 0 unspecified atom stereocenters. The van der Waals surface area contributed by atoms with Gasteiger partial charge < -0.3 is 9.64 Å². The van der Waals surface area contributed by atoms with E-state index >= 15 is 0 Å². The van der Waals surface area contributed by atoms with E-state index in [1.807, 2.05) is 37.3 Å². The summed E-state index contributed by atoms with van der Waals surface area (Å²) in [6.07, 6.45) is -0.290. The monoisotopic (exact) mass is 239 g/mol. The molecule has 0 aromatic heterocycles. The van der Waals surface area contributed by atoms with Crippen molar-refractivity contribution in [3.63, 3.8) is 0 Å². The molecule has 1 aliphatic rings. The van der Waals surface area contributed by atoms with Crippen LogP contribution in [0.4, 0.5) is 4.79 Å². The van der Waals surface area contributed by atoms with Crippen LogP contribution in [0.1, 0.15) is 12.5 Å². The van der Waals surface area contributed by atoms with Crippen LogP contribution in [-0.4, -0.2) is 29.0 Å². The molecule has 1 heterocycles. The van der Waals surface area contributed by atoms with Gasteiger partial charge in [0.15, 0.2) is 0 Å². The number of ether oxygens (including phenoxy) is 1. The number of nitrogens with zero attached hydrogens (tertiary/aromatic N) is 1. The van der Waals surface area contributed by atoms with E-state index in [0.29, 0.717) is 19.7 Å². The Bertz CT molecular complexity index is 370. The van der Waals surface area contributed by atoms with Crippen LogP contribution >= 0.6 is 11.6 Å². The van der Waals surface area contributed by atoms with E-state index in [4.69, 9.17) is 16.3 Å². The van der Waals surface area contributed by atoms with E-state index in [2.05, 4.69) is 0 Å². The molecule has 86 valence electrons. The zero-order valence-corrected chi connectivity index (χ0v) is 9.91. The minimum Gasteiger partial charge on any atom is -0.445 e. The van der Waals surface area contributed by atoms with Crippen LogP contribution in [0.3, 0.4) is 0 Å². The van der Waals surface area contributed by atoms with Crippen molar-refractivity contribution in [2.75, 3.05) is 13.1 Å². The Morgan fingerprint density at radius 2 is 2.06 bits per heavy atom. The van der Waals surface area contributed by atoms with E-state index in [1.165, 1.54) is 0 Å². The van der Waals surface area contributed by atoms with Crippen molar-refractivity contribution in [2.24, 2.45) is 0 Å². The molecule has 4 heteroatoms. The highest BCUT2D eigenvalue weighted by molar-refractivity contribution is 6.25. The minimum atomic E-state index is -0.290. The Hall–Kier alpha value is -1.22. The second-order valence-electron chi connectivity index (χ2n) is 4.31. The van der Waals surface area contributed by atoms with Gasteiger partial charge in [-0.05, 0) is 12.5 Å². The average molecular weight is 240 g/mol. The zero-order chi connectivity index (χ0) is 11.6. The second kappa shape index (κ2) is 4.34. The lowest BCUT2D eigenvalue weighted by Gasteiger charge is -2.42. The van der Waals surface area contributed by atoms with E-state index in [1.54, 1.807) is 4.90 Å². The number of amides is 1. The van der Waals surface area contributed by atoms with Gasteiger partial charge in [0, 0.05) is 13.1 Å². The van der Waals surface area contributed by atoms with Crippen LogP contribution < -0.4 is 0 Å². The molecule has 0 aliphatic carbocycles. The highest BCUT2D eigenvalue weighted by Crippen LogP contribution is 2.27. The fraction of sp³-hybridized carbons (Fsp3) is 0.417. The van der Waals surface area contributed by atoms with Gasteiger partial charge in [-0.2, -0.15) is 0 Å². The highest BCUT2D eigenvalue weighted by Gasteiger charge is 2.40. The normalized spacial score (nSPS) is 17.8. The van der Waals surface area contributed by atoms with Gasteiger partial charge in [0.1, 0.15) is 6.61 Å². The Morgan fingerprint density at radius 1 is 1.44 bits per heavy atom. The Balaban J connectivity index is 1.77. The molecule has 1 amide bonds. The van der Waals surface area contributed by atoms with Crippen molar-refractivity contribution in [1.82, 2.24) is 4.90 Å². The molecule has 0 saturated carbocycles. The second-order valence-corrected chi connectivity index (χ2v) is 5.22. The third-order valence-corrected chi connectivity index (χ3v) is 2.74. The predicted octanol–water partition coefficient (Wildman–Crippen LogP) is 2.64. The number of carbonyl (C=O) groups is 1. The maximum atomic E-state index is 11.5. The van der Waals surface area contributed by atoms with Crippen molar-refractivity contribution in [2.45, 2.75) is 18.4 Å². The molecule has 0 N–H and O–H groups in total. The Labute approximate surface area is 100.0 Å². The number of benzene rings is 1. The molecule has 2 rings (SSSR count). The lowest BCUT2D eigenvalue weighted by Crippen LogP contribution is -2.58. The summed E-state index contributed by atoms with van der Waals surface area (Å²) in [6.45, 7) is 3.34. The van der Waals surface area contributed by atoms with Crippen LogP contribution in [0.25, 0.3) is 0 Å². The first kappa shape index (κ1) is 11.3. The molecule has 1 aromatic rings. The van der Waals surface area contributed by atoms with Crippen molar-refractivity contribution >= 4 is 17.7 Å². The van der Waals surface area contributed by atoms with Crippen molar-refractivity contribution < 1.29 is 9.53 Å². The number of alkyl halides is 1. The number of halogens is 1. The number of carbonyl (C=O) groups excluding carboxylic acids is 1. The molecule has 0 bridgehead atoms. The van der Waals surface area contributed by atoms with Gasteiger partial charge in [0.25, 0.3) is 0 Å². The summed E-state index contributed by atoms with van der Waals surface area (Å²) in [5.41, 5.74) is 0.991. The molecule has 0 radical (unpaired) electrons. The third kappa shape index (κ3) is 2.67. The largest absolute Gasteiger partial charge is 0.445 e. The van der Waals surface area contributed by atoms with Crippen LogP contribution in [-0.2, 0) is 11.3 Å². The summed E-state index contributed by atoms with van der Waals surface area (Å²) >= 11 is 6.01. The molecule has 16 heavy (non-hydrogen) atoms. The van der Waals surface area contributed by atoms with Crippen molar-refractivity contribution in [3.8, 4) is 0 Å². The van der Waals surface area contributed by atoms with Crippen molar-refractivity contribution in [1.29, 1.82) is 0 Å². The maximum absolute atomic E-state index is 11.5. The summed E-state index contributed by atoms with van der Waals surface area (Å²) in [5.74, 6) is 0. The van der Waals surface area contributed by atoms with Crippen LogP contribution in [0.5, 0.6) is 0 Å². The maximum Gasteiger partial charge on any atom is 0.410 e. The molecule has 1 aliphatic heterocycles. The summed E-state index contributed by atoms with van der Waals surface area (Å²) in [7, 11) is 0. The first-order valence-corrected chi connectivity index (χ1v) is 5.59. The summed E-state index contributed by atoms with van der Waals surface area (Å²) in [6, 6.07) is 9.62. The lowest BCUT2D eigenvalue weighted by atomic mass is 10.0. The molecule has 0 spiro atoms. The standard InChI is InChI=1S/C12H14ClNO2/c1-12(13)8-14(9-12)11(15)16-7-10-5-3-2-4-6-10/h2-6H,7-9H2,1H3. The van der Waals surface area contributed by atoms with Gasteiger partial charge in [-0.3, -0.25) is 0 Å². The van der Waals surface area contributed by atoms with E-state index in [-0.39, 0.29) is 11.0 Å². The topological polar surface area (TPSA) is 29.5 Å². The number of likely N-dealkylation sites (tertiary alicyclic amines) is 1. The summed E-state index contributed by atoms with van der Waals surface area (Å²) in [4.78, 5) is 12.9. The van der Waals surface area contributed by atoms with Gasteiger partial charge in [0.2, 0.25) is 0 Å². The Kier molecular flexibility index (Phi) is 3.06. The SMILES string of the molecule is CC1(Cl)CN(C(=O)OCc2ccccc2)C1. The van der Waals surface area contributed by atoms with Gasteiger partial charge in [-0.1, -0.05) is 30.3 Å². The highest BCUT2D eigenvalue weighted by atomic mass is 35.5. The fourth-order valence-corrected chi connectivity index (χ4v) is 1.98. The van der Waals surface area contributed by atoms with Gasteiger partial charge in [-0.25, -0.2) is 4.79 Å². The smallest absolute Gasteiger partial charge is 0.410 e. The van der Waals surface area contributed by atoms with Crippen LogP contribution in [0.15, 0.2) is 30.3 Å². The predicted molar refractivity (Wildman–Crippen MR) is 62.5 cm³/mol. The van der Waals surface area contributed by atoms with Gasteiger partial charge >= 0.3 is 6.09 Å². The van der Waals surface area contributed by atoms with Gasteiger partial charge in [-0.15, -0.1) is 11.6 Å². The summed E-state index contributed by atoms with van der Waals surface area (Å²) < 4.78 is 5.15. The van der Waals surface area contributed by atoms with E-state index in [0.717, 1.165) is 5.56 Å². The molecule has 0 atom stereocenters. The Morgan fingerprint density at radius 3 is 2.62 bits per heavy atom. The summed E-state index contributed by atoms with van der Waals surface area (Å²) in [5, 5.41) is 0. The van der Waals surface area contributed by atoms with E-state index < -0.39 is 0 Å².